The third-order valence-corrected chi connectivity index (χ3v) is 3.30. The van der Waals surface area contributed by atoms with E-state index in [1.165, 1.54) is 12.1 Å². The van der Waals surface area contributed by atoms with E-state index < -0.39 is 0 Å². The average molecular weight is 209 g/mol. The highest BCUT2D eigenvalue weighted by molar-refractivity contribution is 5.24. The third-order valence-electron chi connectivity index (χ3n) is 3.30. The van der Waals surface area contributed by atoms with E-state index in [-0.39, 0.29) is 11.4 Å². The van der Waals surface area contributed by atoms with Crippen LogP contribution in [-0.2, 0) is 5.54 Å². The zero-order chi connectivity index (χ0) is 11.5. The van der Waals surface area contributed by atoms with Gasteiger partial charge in [-0.05, 0) is 30.5 Å². The summed E-state index contributed by atoms with van der Waals surface area (Å²) in [6.45, 7) is 6.31. The number of rotatable bonds is 4. The molecule has 0 fully saturated rings. The van der Waals surface area contributed by atoms with Crippen LogP contribution >= 0.6 is 0 Å². The van der Waals surface area contributed by atoms with Crippen LogP contribution in [0.1, 0.15) is 39.2 Å². The quantitative estimate of drug-likeness (QED) is 0.807. The molecule has 0 radical (unpaired) electrons. The summed E-state index contributed by atoms with van der Waals surface area (Å²) >= 11 is 0. The van der Waals surface area contributed by atoms with Crippen molar-refractivity contribution in [2.45, 2.75) is 39.2 Å². The molecular formula is C13H20FN. The van der Waals surface area contributed by atoms with E-state index >= 15 is 0 Å². The smallest absolute Gasteiger partial charge is 0.123 e. The van der Waals surface area contributed by atoms with Gasteiger partial charge in [-0.1, -0.05) is 38.8 Å². The van der Waals surface area contributed by atoms with Crippen LogP contribution in [0.5, 0.6) is 0 Å². The fourth-order valence-electron chi connectivity index (χ4n) is 2.18. The van der Waals surface area contributed by atoms with Crippen LogP contribution in [0.15, 0.2) is 24.3 Å². The zero-order valence-corrected chi connectivity index (χ0v) is 9.76. The summed E-state index contributed by atoms with van der Waals surface area (Å²) in [5, 5.41) is 0. The van der Waals surface area contributed by atoms with Gasteiger partial charge in [0.25, 0.3) is 0 Å². The van der Waals surface area contributed by atoms with E-state index in [1.54, 1.807) is 12.1 Å². The normalized spacial score (nSPS) is 15.3. The van der Waals surface area contributed by atoms with E-state index in [4.69, 9.17) is 5.73 Å². The maximum Gasteiger partial charge on any atom is 0.123 e. The van der Waals surface area contributed by atoms with Gasteiger partial charge in [0.2, 0.25) is 0 Å². The molecule has 0 amide bonds. The molecule has 0 heterocycles. The van der Waals surface area contributed by atoms with E-state index in [0.717, 1.165) is 18.4 Å². The fraction of sp³-hybridized carbons (Fsp3) is 0.538. The number of halogens is 1. The van der Waals surface area contributed by atoms with E-state index in [2.05, 4.69) is 13.8 Å². The van der Waals surface area contributed by atoms with Gasteiger partial charge < -0.3 is 5.73 Å². The van der Waals surface area contributed by atoms with E-state index in [9.17, 15) is 4.39 Å². The largest absolute Gasteiger partial charge is 0.321 e. The Morgan fingerprint density at radius 3 is 2.07 bits per heavy atom. The molecule has 2 N–H and O–H groups in total. The highest BCUT2D eigenvalue weighted by Crippen LogP contribution is 2.31. The topological polar surface area (TPSA) is 26.0 Å². The summed E-state index contributed by atoms with van der Waals surface area (Å²) in [5.41, 5.74) is 6.98. The zero-order valence-electron chi connectivity index (χ0n) is 9.76. The van der Waals surface area contributed by atoms with Gasteiger partial charge in [0.1, 0.15) is 5.82 Å². The van der Waals surface area contributed by atoms with Crippen LogP contribution in [0.25, 0.3) is 0 Å². The molecule has 0 saturated carbocycles. The van der Waals surface area contributed by atoms with Crippen LogP contribution < -0.4 is 5.73 Å². The summed E-state index contributed by atoms with van der Waals surface area (Å²) in [6.07, 6.45) is 2.09. The monoisotopic (exact) mass is 209 g/mol. The Hall–Kier alpha value is -0.890. The van der Waals surface area contributed by atoms with E-state index in [1.807, 2.05) is 6.92 Å². The number of nitrogens with two attached hydrogens (primary N) is 1. The molecule has 1 aromatic carbocycles. The Balaban J connectivity index is 2.98. The molecule has 0 aliphatic carbocycles. The van der Waals surface area contributed by atoms with Crippen molar-refractivity contribution in [2.75, 3.05) is 0 Å². The highest BCUT2D eigenvalue weighted by Gasteiger charge is 2.29. The SMILES string of the molecule is CCC(CC)C(C)(N)c1ccc(F)cc1. The third kappa shape index (κ3) is 2.57. The Morgan fingerprint density at radius 2 is 1.67 bits per heavy atom. The summed E-state index contributed by atoms with van der Waals surface area (Å²) in [7, 11) is 0. The maximum absolute atomic E-state index is 12.8. The maximum atomic E-state index is 12.8. The minimum atomic E-state index is -0.364. The number of hydrogen-bond acceptors (Lipinski definition) is 1. The first-order valence-electron chi connectivity index (χ1n) is 5.57. The molecule has 15 heavy (non-hydrogen) atoms. The van der Waals surface area contributed by atoms with Crippen molar-refractivity contribution >= 4 is 0 Å². The molecule has 1 atom stereocenters. The van der Waals surface area contributed by atoms with E-state index in [0.29, 0.717) is 5.92 Å². The lowest BCUT2D eigenvalue weighted by Crippen LogP contribution is -2.40. The van der Waals surface area contributed by atoms with Crippen LogP contribution in [0.3, 0.4) is 0 Å². The molecule has 1 rings (SSSR count). The molecule has 0 aromatic heterocycles. The van der Waals surface area contributed by atoms with Crippen molar-refractivity contribution in [3.8, 4) is 0 Å². The Labute approximate surface area is 91.5 Å². The predicted octanol–water partition coefficient (Wildman–Crippen LogP) is 3.44. The summed E-state index contributed by atoms with van der Waals surface area (Å²) in [6, 6.07) is 6.52. The van der Waals surface area contributed by atoms with Crippen molar-refractivity contribution in [3.63, 3.8) is 0 Å². The number of benzene rings is 1. The lowest BCUT2D eigenvalue weighted by molar-refractivity contribution is 0.282. The minimum Gasteiger partial charge on any atom is -0.321 e. The highest BCUT2D eigenvalue weighted by atomic mass is 19.1. The summed E-state index contributed by atoms with van der Waals surface area (Å²) < 4.78 is 12.8. The van der Waals surface area contributed by atoms with Crippen molar-refractivity contribution in [2.24, 2.45) is 11.7 Å². The lowest BCUT2D eigenvalue weighted by atomic mass is 9.77. The van der Waals surface area contributed by atoms with Crippen LogP contribution in [0.2, 0.25) is 0 Å². The second-order valence-corrected chi connectivity index (χ2v) is 4.30. The molecule has 2 heteroatoms. The summed E-state index contributed by atoms with van der Waals surface area (Å²) in [5.74, 6) is 0.224. The van der Waals surface area contributed by atoms with Crippen LogP contribution in [0.4, 0.5) is 4.39 Å². The van der Waals surface area contributed by atoms with Gasteiger partial charge in [0, 0.05) is 5.54 Å². The van der Waals surface area contributed by atoms with Gasteiger partial charge in [0.05, 0.1) is 0 Å². The first kappa shape index (κ1) is 12.2. The first-order valence-corrected chi connectivity index (χ1v) is 5.57. The molecule has 0 spiro atoms. The van der Waals surface area contributed by atoms with Gasteiger partial charge in [-0.15, -0.1) is 0 Å². The van der Waals surface area contributed by atoms with Crippen molar-refractivity contribution < 1.29 is 4.39 Å². The van der Waals surface area contributed by atoms with Crippen molar-refractivity contribution in [3.05, 3.63) is 35.6 Å². The number of hydrogen-bond donors (Lipinski definition) is 1. The van der Waals surface area contributed by atoms with Gasteiger partial charge >= 0.3 is 0 Å². The molecular weight excluding hydrogens is 189 g/mol. The van der Waals surface area contributed by atoms with Gasteiger partial charge in [-0.3, -0.25) is 0 Å². The Kier molecular flexibility index (Phi) is 3.86. The second-order valence-electron chi connectivity index (χ2n) is 4.30. The van der Waals surface area contributed by atoms with Gasteiger partial charge in [-0.2, -0.15) is 0 Å². The van der Waals surface area contributed by atoms with Crippen molar-refractivity contribution in [1.82, 2.24) is 0 Å². The minimum absolute atomic E-state index is 0.209. The molecule has 0 bridgehead atoms. The van der Waals surface area contributed by atoms with Gasteiger partial charge in [-0.25, -0.2) is 4.39 Å². The van der Waals surface area contributed by atoms with Crippen molar-refractivity contribution in [1.29, 1.82) is 0 Å². The molecule has 0 aliphatic heterocycles. The molecule has 0 aliphatic rings. The lowest BCUT2D eigenvalue weighted by Gasteiger charge is -2.33. The molecule has 84 valence electrons. The fourth-order valence-corrected chi connectivity index (χ4v) is 2.18. The predicted molar refractivity (Wildman–Crippen MR) is 62.0 cm³/mol. The summed E-state index contributed by atoms with van der Waals surface area (Å²) in [4.78, 5) is 0. The van der Waals surface area contributed by atoms with Crippen LogP contribution in [-0.4, -0.2) is 0 Å². The standard InChI is InChI=1S/C13H20FN/c1-4-10(5-2)13(3,15)11-6-8-12(14)9-7-11/h6-10H,4-5,15H2,1-3H3. The molecule has 1 nitrogen and oxygen atoms in total. The first-order chi connectivity index (χ1) is 7.02. The average Bonchev–Trinajstić information content (AvgIpc) is 2.19. The molecule has 0 saturated heterocycles. The van der Waals surface area contributed by atoms with Crippen LogP contribution in [0, 0.1) is 11.7 Å². The Morgan fingerprint density at radius 1 is 1.20 bits per heavy atom. The Bertz CT molecular complexity index is 299. The second kappa shape index (κ2) is 4.75. The molecule has 1 unspecified atom stereocenters. The van der Waals surface area contributed by atoms with Gasteiger partial charge in [0.15, 0.2) is 0 Å². The molecule has 1 aromatic rings.